The maximum Gasteiger partial charge on any atom is 0.220 e. The summed E-state index contributed by atoms with van der Waals surface area (Å²) >= 11 is 1.56. The molecule has 0 aliphatic carbocycles. The monoisotopic (exact) mass is 318 g/mol. The van der Waals surface area contributed by atoms with Crippen molar-refractivity contribution >= 4 is 17.2 Å². The lowest BCUT2D eigenvalue weighted by atomic mass is 10.2. The number of carbonyl (C=O) groups is 1. The van der Waals surface area contributed by atoms with Gasteiger partial charge in [-0.05, 0) is 38.5 Å². The van der Waals surface area contributed by atoms with Gasteiger partial charge in [-0.25, -0.2) is 4.98 Å². The molecule has 1 amide bonds. The third-order valence-electron chi connectivity index (χ3n) is 3.31. The summed E-state index contributed by atoms with van der Waals surface area (Å²) < 4.78 is 5.75. The van der Waals surface area contributed by atoms with E-state index in [1.54, 1.807) is 23.2 Å². The largest absolute Gasteiger partial charge is 0.486 e. The van der Waals surface area contributed by atoms with Crippen LogP contribution in [0.3, 0.4) is 0 Å². The minimum absolute atomic E-state index is 0.0700. The Balaban J connectivity index is 1.95. The molecule has 0 N–H and O–H groups in total. The van der Waals surface area contributed by atoms with Crippen molar-refractivity contribution in [2.24, 2.45) is 0 Å². The quantitative estimate of drug-likeness (QED) is 0.814. The molecule has 0 aliphatic rings. The van der Waals surface area contributed by atoms with Crippen LogP contribution in [-0.4, -0.2) is 21.8 Å². The zero-order valence-corrected chi connectivity index (χ0v) is 14.3. The molecule has 4 nitrogen and oxygen atoms in total. The van der Waals surface area contributed by atoms with Gasteiger partial charge in [0.25, 0.3) is 0 Å². The smallest absolute Gasteiger partial charge is 0.220 e. The van der Waals surface area contributed by atoms with Gasteiger partial charge in [0.05, 0.1) is 12.2 Å². The molecule has 0 bridgehead atoms. The molecule has 1 aromatic carbocycles. The van der Waals surface area contributed by atoms with Crippen molar-refractivity contribution in [3.05, 3.63) is 45.9 Å². The van der Waals surface area contributed by atoms with Gasteiger partial charge < -0.3 is 9.64 Å². The zero-order valence-electron chi connectivity index (χ0n) is 13.5. The summed E-state index contributed by atoms with van der Waals surface area (Å²) in [5, 5.41) is 2.91. The lowest BCUT2D eigenvalue weighted by Crippen LogP contribution is -2.34. The molecule has 0 atom stereocenters. The van der Waals surface area contributed by atoms with Gasteiger partial charge in [0.1, 0.15) is 17.4 Å². The molecule has 22 heavy (non-hydrogen) atoms. The van der Waals surface area contributed by atoms with Crippen LogP contribution >= 0.6 is 11.3 Å². The summed E-state index contributed by atoms with van der Waals surface area (Å²) in [6.45, 7) is 8.65. The fraction of sp³-hybridized carbons (Fsp3) is 0.412. The van der Waals surface area contributed by atoms with Gasteiger partial charge in [0, 0.05) is 18.3 Å². The number of rotatable bonds is 6. The lowest BCUT2D eigenvalue weighted by Gasteiger charge is -2.24. The van der Waals surface area contributed by atoms with E-state index in [2.05, 4.69) is 4.98 Å². The Morgan fingerprint density at radius 1 is 1.41 bits per heavy atom. The molecule has 2 rings (SSSR count). The Bertz CT molecular complexity index is 637. The average Bonchev–Trinajstić information content (AvgIpc) is 2.90. The highest BCUT2D eigenvalue weighted by Gasteiger charge is 2.15. The third-order valence-corrected chi connectivity index (χ3v) is 4.18. The van der Waals surface area contributed by atoms with Crippen LogP contribution in [0.1, 0.15) is 37.0 Å². The molecule has 0 saturated heterocycles. The van der Waals surface area contributed by atoms with Gasteiger partial charge in [-0.15, -0.1) is 11.3 Å². The van der Waals surface area contributed by atoms with E-state index in [9.17, 15) is 4.79 Å². The van der Waals surface area contributed by atoms with Crippen molar-refractivity contribution in [3.8, 4) is 5.75 Å². The van der Waals surface area contributed by atoms with E-state index in [0.717, 1.165) is 16.5 Å². The number of aryl methyl sites for hydroxylation is 1. The Kier molecular flexibility index (Phi) is 5.55. The molecule has 118 valence electrons. The number of benzene rings is 1. The first-order valence-corrected chi connectivity index (χ1v) is 8.23. The van der Waals surface area contributed by atoms with Crippen LogP contribution in [0.2, 0.25) is 0 Å². The number of carbonyl (C=O) groups excluding carboxylic acids is 1. The molecule has 0 fully saturated rings. The van der Waals surface area contributed by atoms with Crippen LogP contribution in [0.25, 0.3) is 0 Å². The van der Waals surface area contributed by atoms with Crippen LogP contribution in [0.5, 0.6) is 5.75 Å². The highest BCUT2D eigenvalue weighted by atomic mass is 32.1. The fourth-order valence-corrected chi connectivity index (χ4v) is 2.87. The topological polar surface area (TPSA) is 42.4 Å². The number of aromatic nitrogens is 1. The van der Waals surface area contributed by atoms with Gasteiger partial charge >= 0.3 is 0 Å². The summed E-state index contributed by atoms with van der Waals surface area (Å²) in [6.07, 6.45) is 0. The number of ether oxygens (including phenoxy) is 1. The summed E-state index contributed by atoms with van der Waals surface area (Å²) in [5.74, 6) is 0.921. The first-order valence-electron chi connectivity index (χ1n) is 7.35. The third kappa shape index (κ3) is 4.56. The van der Waals surface area contributed by atoms with E-state index in [1.165, 1.54) is 5.56 Å². The number of hydrogen-bond acceptors (Lipinski definition) is 4. The van der Waals surface area contributed by atoms with E-state index in [1.807, 2.05) is 50.4 Å². The normalized spacial score (nSPS) is 10.8. The minimum atomic E-state index is 0.0700. The van der Waals surface area contributed by atoms with Crippen LogP contribution < -0.4 is 4.74 Å². The summed E-state index contributed by atoms with van der Waals surface area (Å²) in [7, 11) is 0. The van der Waals surface area contributed by atoms with Crippen molar-refractivity contribution in [3.63, 3.8) is 0 Å². The lowest BCUT2D eigenvalue weighted by molar-refractivity contribution is -0.131. The first kappa shape index (κ1) is 16.5. The maximum absolute atomic E-state index is 11.6. The fourth-order valence-electron chi connectivity index (χ4n) is 2.17. The van der Waals surface area contributed by atoms with Crippen molar-refractivity contribution in [1.29, 1.82) is 0 Å². The van der Waals surface area contributed by atoms with Crippen molar-refractivity contribution in [2.75, 3.05) is 0 Å². The van der Waals surface area contributed by atoms with E-state index < -0.39 is 0 Å². The van der Waals surface area contributed by atoms with Gasteiger partial charge in [0.2, 0.25) is 5.91 Å². The second-order valence-electron chi connectivity index (χ2n) is 5.58. The number of nitrogens with zero attached hydrogens (tertiary/aromatic N) is 2. The molecule has 1 aromatic heterocycles. The van der Waals surface area contributed by atoms with E-state index in [0.29, 0.717) is 13.2 Å². The molecule has 0 spiro atoms. The predicted molar refractivity (Wildman–Crippen MR) is 89.0 cm³/mol. The second-order valence-corrected chi connectivity index (χ2v) is 6.52. The molecule has 0 radical (unpaired) electrons. The van der Waals surface area contributed by atoms with Gasteiger partial charge in [0.15, 0.2) is 0 Å². The molecule has 0 unspecified atom stereocenters. The van der Waals surface area contributed by atoms with Crippen LogP contribution in [0.15, 0.2) is 29.6 Å². The molecular formula is C17H22N2O2S. The molecular weight excluding hydrogens is 296 g/mol. The number of hydrogen-bond donors (Lipinski definition) is 0. The molecule has 0 aliphatic heterocycles. The maximum atomic E-state index is 11.6. The Morgan fingerprint density at radius 2 is 2.18 bits per heavy atom. The summed E-state index contributed by atoms with van der Waals surface area (Å²) in [4.78, 5) is 18.0. The highest BCUT2D eigenvalue weighted by Crippen LogP contribution is 2.18. The number of thiazole rings is 1. The first-order chi connectivity index (χ1) is 10.5. The SMILES string of the molecule is CC(=O)N(Cc1csc(COc2cccc(C)c2)n1)C(C)C. The van der Waals surface area contributed by atoms with E-state index in [4.69, 9.17) is 4.74 Å². The molecule has 0 saturated carbocycles. The van der Waals surface area contributed by atoms with Crippen LogP contribution in [0, 0.1) is 6.92 Å². The van der Waals surface area contributed by atoms with E-state index >= 15 is 0 Å². The van der Waals surface area contributed by atoms with Gasteiger partial charge in [-0.1, -0.05) is 12.1 Å². The molecule has 2 aromatic rings. The van der Waals surface area contributed by atoms with Gasteiger partial charge in [-0.2, -0.15) is 0 Å². The average molecular weight is 318 g/mol. The molecule has 1 heterocycles. The Labute approximate surface area is 135 Å². The second kappa shape index (κ2) is 7.40. The van der Waals surface area contributed by atoms with Crippen LogP contribution in [-0.2, 0) is 17.9 Å². The standard InChI is InChI=1S/C17H22N2O2S/c1-12(2)19(14(4)20)9-15-11-22-17(18-15)10-21-16-7-5-6-13(3)8-16/h5-8,11-12H,9-10H2,1-4H3. The van der Waals surface area contributed by atoms with Gasteiger partial charge in [-0.3, -0.25) is 4.79 Å². The minimum Gasteiger partial charge on any atom is -0.486 e. The summed E-state index contributed by atoms with van der Waals surface area (Å²) in [6, 6.07) is 8.14. The van der Waals surface area contributed by atoms with Crippen molar-refractivity contribution in [2.45, 2.75) is 46.9 Å². The zero-order chi connectivity index (χ0) is 16.1. The van der Waals surface area contributed by atoms with Crippen molar-refractivity contribution in [1.82, 2.24) is 9.88 Å². The van der Waals surface area contributed by atoms with E-state index in [-0.39, 0.29) is 11.9 Å². The molecule has 5 heteroatoms. The van der Waals surface area contributed by atoms with Crippen LogP contribution in [0.4, 0.5) is 0 Å². The van der Waals surface area contributed by atoms with Crippen molar-refractivity contribution < 1.29 is 9.53 Å². The number of amides is 1. The summed E-state index contributed by atoms with van der Waals surface area (Å²) in [5.41, 5.74) is 2.09. The predicted octanol–water partition coefficient (Wildman–Crippen LogP) is 3.79. The highest BCUT2D eigenvalue weighted by molar-refractivity contribution is 7.09. The Hall–Kier alpha value is -1.88. The Morgan fingerprint density at radius 3 is 2.82 bits per heavy atom.